The topological polar surface area (TPSA) is 143 Å². The zero-order chi connectivity index (χ0) is 37.6. The molecule has 1 aliphatic carbocycles. The maximum atomic E-state index is 13.7. The number of amides is 3. The molecular weight excluding hydrogens is 699 g/mol. The van der Waals surface area contributed by atoms with Crippen LogP contribution in [0, 0.1) is 11.3 Å². The Labute approximate surface area is 312 Å². The molecule has 3 amide bonds. The minimum atomic E-state index is -0.599. The van der Waals surface area contributed by atoms with Gasteiger partial charge in [-0.2, -0.15) is 0 Å². The minimum Gasteiger partial charge on any atom is -0.508 e. The van der Waals surface area contributed by atoms with E-state index in [1.807, 2.05) is 6.07 Å². The van der Waals surface area contributed by atoms with Crippen molar-refractivity contribution in [2.45, 2.75) is 57.1 Å². The zero-order valence-corrected chi connectivity index (χ0v) is 31.6. The number of carbonyl (C=O) groups is 4. The number of hydrogen-bond donors (Lipinski definition) is 4. The summed E-state index contributed by atoms with van der Waals surface area (Å²) in [7, 11) is 2.79. The number of ether oxygens (including phenoxy) is 2. The van der Waals surface area contributed by atoms with Crippen molar-refractivity contribution in [2.75, 3.05) is 24.9 Å². The maximum Gasteiger partial charge on any atom is 0.341 e. The van der Waals surface area contributed by atoms with Gasteiger partial charge in [-0.05, 0) is 91.6 Å². The number of esters is 1. The highest BCUT2D eigenvalue weighted by Gasteiger charge is 2.34. The van der Waals surface area contributed by atoms with Crippen LogP contribution in [-0.2, 0) is 27.2 Å². The van der Waals surface area contributed by atoms with Crippen molar-refractivity contribution in [3.8, 4) is 11.5 Å². The van der Waals surface area contributed by atoms with Crippen molar-refractivity contribution >= 4 is 63.6 Å². The Bertz CT molecular complexity index is 2000. The van der Waals surface area contributed by atoms with Gasteiger partial charge in [-0.1, -0.05) is 45.0 Å². The van der Waals surface area contributed by atoms with Crippen LogP contribution in [0.3, 0.4) is 0 Å². The Morgan fingerprint density at radius 1 is 0.981 bits per heavy atom. The Morgan fingerprint density at radius 2 is 1.73 bits per heavy atom. The van der Waals surface area contributed by atoms with Gasteiger partial charge < -0.3 is 30.5 Å². The first-order valence-electron chi connectivity index (χ1n) is 16.8. The third-order valence-corrected chi connectivity index (χ3v) is 11.2. The van der Waals surface area contributed by atoms with E-state index < -0.39 is 23.0 Å². The lowest BCUT2D eigenvalue weighted by molar-refractivity contribution is -0.115. The molecule has 4 aromatic rings. The van der Waals surface area contributed by atoms with Crippen LogP contribution in [-0.4, -0.2) is 48.3 Å². The van der Waals surface area contributed by atoms with Crippen molar-refractivity contribution in [2.24, 2.45) is 11.3 Å². The Balaban J connectivity index is 1.32. The van der Waals surface area contributed by atoms with E-state index >= 15 is 0 Å². The highest BCUT2D eigenvalue weighted by Crippen LogP contribution is 2.44. The largest absolute Gasteiger partial charge is 0.508 e. The van der Waals surface area contributed by atoms with E-state index in [2.05, 4.69) is 36.7 Å². The summed E-state index contributed by atoms with van der Waals surface area (Å²) in [6.07, 6.45) is 4.03. The predicted octanol–water partition coefficient (Wildman–Crippen LogP) is 7.93. The predicted molar refractivity (Wildman–Crippen MR) is 206 cm³/mol. The van der Waals surface area contributed by atoms with Gasteiger partial charge in [-0.3, -0.25) is 14.4 Å². The highest BCUT2D eigenvalue weighted by molar-refractivity contribution is 8.00. The Hall–Kier alpha value is -5.07. The quantitative estimate of drug-likeness (QED) is 0.0690. The van der Waals surface area contributed by atoms with Crippen LogP contribution in [0.1, 0.15) is 70.8 Å². The second-order valence-corrected chi connectivity index (χ2v) is 16.1. The Morgan fingerprint density at radius 3 is 2.42 bits per heavy atom. The first kappa shape index (κ1) is 38.2. The number of benzene rings is 3. The lowest BCUT2D eigenvalue weighted by Crippen LogP contribution is -2.30. The molecule has 0 aliphatic heterocycles. The zero-order valence-electron chi connectivity index (χ0n) is 30.0. The highest BCUT2D eigenvalue weighted by atomic mass is 32.2. The number of methoxy groups -OCH3 is 2. The molecule has 5 rings (SSSR count). The first-order valence-corrected chi connectivity index (χ1v) is 18.5. The summed E-state index contributed by atoms with van der Waals surface area (Å²) >= 11 is 2.75. The molecule has 0 radical (unpaired) electrons. The third-order valence-electron chi connectivity index (χ3n) is 8.94. The van der Waals surface area contributed by atoms with Crippen LogP contribution < -0.4 is 20.7 Å². The van der Waals surface area contributed by atoms with Gasteiger partial charge in [-0.25, -0.2) is 4.79 Å². The summed E-state index contributed by atoms with van der Waals surface area (Å²) in [4.78, 5) is 55.0. The smallest absolute Gasteiger partial charge is 0.341 e. The standard InChI is InChI=1S/C40H43N3O7S2/c1-23(35(45)43-38-34(39(48)50-6)30-18-16-26(40(2,3)4)20-33(30)52-38)51-29-14-10-13-27(21-29)41-37(47)31(42-36(46)24-11-8-7-9-12-24)19-25-15-17-28(44)22-32(25)49-5/h7-15,17,19,21-23,26,44H,16,18,20H2,1-6H3,(H,41,47)(H,42,46)(H,43,45)/b31-19+. The second-order valence-electron chi connectivity index (χ2n) is 13.5. The molecule has 0 saturated heterocycles. The van der Waals surface area contributed by atoms with Crippen molar-refractivity contribution < 1.29 is 33.8 Å². The molecule has 4 N–H and O–H groups in total. The van der Waals surface area contributed by atoms with E-state index in [1.165, 1.54) is 55.5 Å². The summed E-state index contributed by atoms with van der Waals surface area (Å²) < 4.78 is 10.5. The van der Waals surface area contributed by atoms with Gasteiger partial charge >= 0.3 is 5.97 Å². The number of hydrogen-bond acceptors (Lipinski definition) is 9. The number of nitrogens with one attached hydrogen (secondary N) is 3. The van der Waals surface area contributed by atoms with E-state index in [0.29, 0.717) is 43.9 Å². The molecule has 0 bridgehead atoms. The van der Waals surface area contributed by atoms with E-state index in [4.69, 9.17) is 9.47 Å². The number of carbonyl (C=O) groups excluding carboxylic acids is 4. The number of anilines is 2. The molecule has 272 valence electrons. The summed E-state index contributed by atoms with van der Waals surface area (Å²) in [5.74, 6) is -1.05. The fourth-order valence-electron chi connectivity index (χ4n) is 5.96. The second kappa shape index (κ2) is 16.5. The number of phenols is 1. The van der Waals surface area contributed by atoms with Crippen LogP contribution in [0.25, 0.3) is 6.08 Å². The normalized spacial score (nSPS) is 14.8. The van der Waals surface area contributed by atoms with Gasteiger partial charge in [0.1, 0.15) is 22.2 Å². The summed E-state index contributed by atoms with van der Waals surface area (Å²) in [5.41, 5.74) is 2.74. The van der Waals surface area contributed by atoms with E-state index in [1.54, 1.807) is 61.5 Å². The van der Waals surface area contributed by atoms with Crippen LogP contribution in [0.2, 0.25) is 0 Å². The molecule has 1 aliphatic rings. The van der Waals surface area contributed by atoms with E-state index in [9.17, 15) is 24.3 Å². The molecule has 2 atom stereocenters. The molecule has 1 heterocycles. The molecule has 0 fully saturated rings. The molecule has 12 heteroatoms. The summed E-state index contributed by atoms with van der Waals surface area (Å²) in [6.45, 7) is 8.47. The molecule has 0 saturated carbocycles. The van der Waals surface area contributed by atoms with Crippen molar-refractivity contribution in [3.63, 3.8) is 0 Å². The fourth-order valence-corrected chi connectivity index (χ4v) is 8.21. The molecule has 1 aromatic heterocycles. The van der Waals surface area contributed by atoms with Gasteiger partial charge in [0.2, 0.25) is 5.91 Å². The van der Waals surface area contributed by atoms with E-state index in [-0.39, 0.29) is 22.8 Å². The van der Waals surface area contributed by atoms with Gasteiger partial charge in [-0.15, -0.1) is 23.1 Å². The average molecular weight is 742 g/mol. The van der Waals surface area contributed by atoms with Crippen LogP contribution >= 0.6 is 23.1 Å². The maximum absolute atomic E-state index is 13.7. The van der Waals surface area contributed by atoms with Crippen LogP contribution in [0.4, 0.5) is 10.7 Å². The lowest BCUT2D eigenvalue weighted by Gasteiger charge is -2.33. The van der Waals surface area contributed by atoms with Crippen LogP contribution in [0.5, 0.6) is 11.5 Å². The third kappa shape index (κ3) is 9.23. The Kier molecular flexibility index (Phi) is 12.1. The number of fused-ring (bicyclic) bond motifs is 1. The number of rotatable bonds is 11. The van der Waals surface area contributed by atoms with Gasteiger partial charge in [0.15, 0.2) is 0 Å². The molecule has 2 unspecified atom stereocenters. The van der Waals surface area contributed by atoms with E-state index in [0.717, 1.165) is 29.7 Å². The minimum absolute atomic E-state index is 0.0156. The molecule has 0 spiro atoms. The van der Waals surface area contributed by atoms with Gasteiger partial charge in [0, 0.05) is 32.7 Å². The molecular formula is C40H43N3O7S2. The molecule has 10 nitrogen and oxygen atoms in total. The van der Waals surface area contributed by atoms with Crippen LogP contribution in [0.15, 0.2) is 83.4 Å². The van der Waals surface area contributed by atoms with Crippen molar-refractivity contribution in [1.29, 1.82) is 0 Å². The number of thioether (sulfide) groups is 1. The monoisotopic (exact) mass is 741 g/mol. The average Bonchev–Trinajstić information content (AvgIpc) is 3.48. The van der Waals surface area contributed by atoms with Gasteiger partial charge in [0.05, 0.1) is 25.0 Å². The summed E-state index contributed by atoms with van der Waals surface area (Å²) in [5, 5.41) is 18.4. The SMILES string of the molecule is COC(=O)c1c(NC(=O)C(C)Sc2cccc(NC(=O)/C(=C\c3ccc(O)cc3OC)NC(=O)c3ccccc3)c2)sc2c1CCC(C(C)(C)C)C2. The van der Waals surface area contributed by atoms with Crippen molar-refractivity contribution in [1.82, 2.24) is 5.32 Å². The van der Waals surface area contributed by atoms with Crippen molar-refractivity contribution in [3.05, 3.63) is 106 Å². The fraction of sp³-hybridized carbons (Fsp3) is 0.300. The summed E-state index contributed by atoms with van der Waals surface area (Å²) in [6, 6.07) is 20.0. The van der Waals surface area contributed by atoms with Gasteiger partial charge in [0.25, 0.3) is 11.8 Å². The number of aromatic hydroxyl groups is 1. The first-order chi connectivity index (χ1) is 24.8. The number of thiophene rings is 1. The molecule has 52 heavy (non-hydrogen) atoms. The number of phenolic OH excluding ortho intramolecular Hbond substituents is 1. The lowest BCUT2D eigenvalue weighted by atomic mass is 9.72. The molecule has 3 aromatic carbocycles.